The van der Waals surface area contributed by atoms with Crippen molar-refractivity contribution in [1.82, 2.24) is 0 Å². The van der Waals surface area contributed by atoms with E-state index in [9.17, 15) is 56.7 Å². The van der Waals surface area contributed by atoms with E-state index in [1.807, 2.05) is 0 Å². The molecule has 160 valence electrons. The third-order valence-corrected chi connectivity index (χ3v) is 4.28. The Bertz CT molecular complexity index is 860. The van der Waals surface area contributed by atoms with E-state index >= 15 is 0 Å². The van der Waals surface area contributed by atoms with Gasteiger partial charge in [-0.05, 0) is 24.3 Å². The highest BCUT2D eigenvalue weighted by Gasteiger charge is 2.83. The fraction of sp³-hybridized carbons (Fsp3) is 0.333. The Morgan fingerprint density at radius 3 is 1.61 bits per heavy atom. The summed E-state index contributed by atoms with van der Waals surface area (Å²) in [6, 6.07) is -1.23. The van der Waals surface area contributed by atoms with E-state index in [4.69, 9.17) is 10.7 Å². The summed E-state index contributed by atoms with van der Waals surface area (Å²) in [4.78, 5) is -0.645. The number of halogens is 12. The van der Waals surface area contributed by atoms with Gasteiger partial charge in [-0.3, -0.25) is 0 Å². The highest BCUT2D eigenvalue weighted by molar-refractivity contribution is 8.13. The predicted molar refractivity (Wildman–Crippen MR) is 70.2 cm³/mol. The maximum atomic E-state index is 13.3. The van der Waals surface area contributed by atoms with Crippen molar-refractivity contribution in [2.24, 2.45) is 0 Å². The molecule has 0 heterocycles. The average molecular weight is 473 g/mol. The lowest BCUT2D eigenvalue weighted by molar-refractivity contribution is -0.392. The maximum Gasteiger partial charge on any atom is 0.460 e. The van der Waals surface area contributed by atoms with Crippen LogP contribution in [0.25, 0.3) is 0 Å². The molecule has 0 saturated carbocycles. The summed E-state index contributed by atoms with van der Waals surface area (Å²) in [6.07, 6.45) is -7.22. The smallest absolute Gasteiger partial charge is 0.430 e. The number of alkyl halides is 9. The van der Waals surface area contributed by atoms with Crippen LogP contribution >= 0.6 is 10.7 Å². The van der Waals surface area contributed by atoms with E-state index in [-0.39, 0.29) is 0 Å². The zero-order valence-electron chi connectivity index (χ0n) is 12.5. The van der Waals surface area contributed by atoms with Gasteiger partial charge in [0.1, 0.15) is 5.75 Å². The van der Waals surface area contributed by atoms with Gasteiger partial charge in [0.25, 0.3) is 9.05 Å². The Labute approximate surface area is 152 Å². The first-order valence-electron chi connectivity index (χ1n) is 6.25. The molecule has 1 aromatic rings. The molecule has 0 atom stereocenters. The van der Waals surface area contributed by atoms with Crippen LogP contribution in [0.3, 0.4) is 0 Å². The number of hydrogen-bond acceptors (Lipinski definition) is 3. The van der Waals surface area contributed by atoms with E-state index in [1.54, 1.807) is 0 Å². The normalized spacial score (nSPS) is 15.3. The van der Waals surface area contributed by atoms with Crippen molar-refractivity contribution in [1.29, 1.82) is 0 Å². The second-order valence-electron chi connectivity index (χ2n) is 4.82. The van der Waals surface area contributed by atoms with Crippen molar-refractivity contribution < 1.29 is 61.4 Å². The summed E-state index contributed by atoms with van der Waals surface area (Å²) < 4.78 is 166. The molecule has 16 heteroatoms. The maximum absolute atomic E-state index is 13.3. The minimum atomic E-state index is -7.43. The molecule has 1 aromatic carbocycles. The van der Waals surface area contributed by atoms with Gasteiger partial charge >= 0.3 is 30.0 Å². The Balaban J connectivity index is 3.28. The molecule has 0 saturated heterocycles. The van der Waals surface area contributed by atoms with Crippen LogP contribution in [0.5, 0.6) is 5.75 Å². The van der Waals surface area contributed by atoms with Gasteiger partial charge < -0.3 is 4.74 Å². The lowest BCUT2D eigenvalue weighted by Gasteiger charge is -2.32. The summed E-state index contributed by atoms with van der Waals surface area (Å²) in [7, 11) is 0.590. The first-order valence-corrected chi connectivity index (χ1v) is 8.56. The summed E-state index contributed by atoms with van der Waals surface area (Å²) in [5, 5.41) is 0. The molecule has 0 fully saturated rings. The fourth-order valence-electron chi connectivity index (χ4n) is 1.45. The number of rotatable bonds is 6. The van der Waals surface area contributed by atoms with Crippen LogP contribution in [0, 0.1) is 0 Å². The molecule has 0 amide bonds. The van der Waals surface area contributed by atoms with Crippen LogP contribution < -0.4 is 4.74 Å². The summed E-state index contributed by atoms with van der Waals surface area (Å²) in [5.41, 5.74) is 0. The zero-order valence-corrected chi connectivity index (χ0v) is 14.1. The van der Waals surface area contributed by atoms with Crippen LogP contribution in [-0.4, -0.2) is 32.4 Å². The first kappa shape index (κ1) is 24.3. The molecular formula is C12H4ClF11O3S. The van der Waals surface area contributed by atoms with Gasteiger partial charge in [-0.25, -0.2) is 8.42 Å². The highest BCUT2D eigenvalue weighted by atomic mass is 35.7. The molecule has 28 heavy (non-hydrogen) atoms. The molecule has 0 aromatic heterocycles. The van der Waals surface area contributed by atoms with Gasteiger partial charge in [0, 0.05) is 10.7 Å². The fourth-order valence-corrected chi connectivity index (χ4v) is 2.22. The first-order chi connectivity index (χ1) is 12.3. The van der Waals surface area contributed by atoms with Gasteiger partial charge in [0.15, 0.2) is 0 Å². The van der Waals surface area contributed by atoms with E-state index in [0.29, 0.717) is 24.3 Å². The molecular weight excluding hydrogens is 469 g/mol. The minimum absolute atomic E-state index is 0.461. The highest BCUT2D eigenvalue weighted by Crippen LogP contribution is 2.55. The molecule has 0 unspecified atom stereocenters. The van der Waals surface area contributed by atoms with Crippen molar-refractivity contribution in [2.75, 3.05) is 0 Å². The van der Waals surface area contributed by atoms with Crippen molar-refractivity contribution in [3.8, 4) is 5.75 Å². The van der Waals surface area contributed by atoms with Crippen molar-refractivity contribution >= 4 is 19.7 Å². The second kappa shape index (κ2) is 7.24. The van der Waals surface area contributed by atoms with Crippen LogP contribution in [-0.2, 0) is 9.05 Å². The van der Waals surface area contributed by atoms with Gasteiger partial charge in [-0.15, -0.1) is 0 Å². The van der Waals surface area contributed by atoms with Crippen molar-refractivity contribution in [3.05, 3.63) is 36.1 Å². The third-order valence-electron chi connectivity index (χ3n) is 2.91. The van der Waals surface area contributed by atoms with Crippen molar-refractivity contribution in [3.63, 3.8) is 0 Å². The van der Waals surface area contributed by atoms with E-state index < -0.39 is 55.5 Å². The summed E-state index contributed by atoms with van der Waals surface area (Å²) in [6.45, 7) is 0. The topological polar surface area (TPSA) is 43.4 Å². The Morgan fingerprint density at radius 1 is 0.821 bits per heavy atom. The molecule has 3 nitrogen and oxygen atoms in total. The molecule has 0 aliphatic rings. The average Bonchev–Trinajstić information content (AvgIpc) is 2.52. The molecule has 0 N–H and O–H groups in total. The lowest BCUT2D eigenvalue weighted by atomic mass is 10.0. The number of hydrogen-bond donors (Lipinski definition) is 0. The van der Waals surface area contributed by atoms with E-state index in [1.165, 1.54) is 0 Å². The van der Waals surface area contributed by atoms with Gasteiger partial charge in [0.2, 0.25) is 5.83 Å². The number of allylic oxidation sites excluding steroid dienone is 1. The Kier molecular flexibility index (Phi) is 6.28. The van der Waals surface area contributed by atoms with Crippen LogP contribution in [0.4, 0.5) is 48.3 Å². The monoisotopic (exact) mass is 472 g/mol. The van der Waals surface area contributed by atoms with Crippen LogP contribution in [0.1, 0.15) is 0 Å². The predicted octanol–water partition coefficient (Wildman–Crippen LogP) is 5.57. The summed E-state index contributed by atoms with van der Waals surface area (Å²) in [5.74, 6) is -26.9. The number of ether oxygens (including phenoxy) is 1. The van der Waals surface area contributed by atoms with E-state index in [2.05, 4.69) is 4.74 Å². The standard InChI is InChI=1S/C12H4ClF11O3S/c13-28(25,26)6-3-1-5(2-4-6)27-8(15)7(14)9(16,17)10(18,19)11(20,21)12(22,23)24/h1-4H. The van der Waals surface area contributed by atoms with Crippen molar-refractivity contribution in [2.45, 2.75) is 28.8 Å². The van der Waals surface area contributed by atoms with Gasteiger partial charge in [-0.1, -0.05) is 0 Å². The Hall–Kier alpha value is -1.77. The molecule has 1 rings (SSSR count). The molecule has 0 aliphatic heterocycles. The third kappa shape index (κ3) is 4.29. The quantitative estimate of drug-likeness (QED) is 0.309. The zero-order chi connectivity index (χ0) is 22.3. The van der Waals surface area contributed by atoms with Crippen LogP contribution in [0.15, 0.2) is 41.0 Å². The SMILES string of the molecule is O=S(=O)(Cl)c1ccc(OC(F)=C(F)C(F)(F)C(F)(F)C(F)(F)C(F)(F)F)cc1. The second-order valence-corrected chi connectivity index (χ2v) is 7.39. The van der Waals surface area contributed by atoms with Gasteiger partial charge in [0.05, 0.1) is 4.90 Å². The van der Waals surface area contributed by atoms with Gasteiger partial charge in [-0.2, -0.15) is 48.3 Å². The Morgan fingerprint density at radius 2 is 1.25 bits per heavy atom. The lowest BCUT2D eigenvalue weighted by Crippen LogP contribution is -2.61. The van der Waals surface area contributed by atoms with Crippen LogP contribution in [0.2, 0.25) is 0 Å². The van der Waals surface area contributed by atoms with E-state index in [0.717, 1.165) is 0 Å². The largest absolute Gasteiger partial charge is 0.460 e. The molecule has 0 radical (unpaired) electrons. The number of benzene rings is 1. The summed E-state index contributed by atoms with van der Waals surface area (Å²) >= 11 is 0. The molecule has 0 bridgehead atoms. The molecule has 0 spiro atoms. The minimum Gasteiger partial charge on any atom is -0.430 e. The molecule has 0 aliphatic carbocycles.